The van der Waals surface area contributed by atoms with Gasteiger partial charge in [-0.1, -0.05) is 29.3 Å². The summed E-state index contributed by atoms with van der Waals surface area (Å²) in [4.78, 5) is 15.3. The Balaban J connectivity index is 1.96. The number of carbonyl (C=O) groups is 1. The van der Waals surface area contributed by atoms with Crippen molar-refractivity contribution in [3.8, 4) is 0 Å². The molecule has 0 aliphatic carbocycles. The molecule has 23 heavy (non-hydrogen) atoms. The summed E-state index contributed by atoms with van der Waals surface area (Å²) in [6, 6.07) is 5.41. The standard InChI is InChI=1S/C15H14Cl2N2O3S/c16-10-2-1-8(5-11(10)17)13-9(6-18-3-4-22-13)14-19-12(7-23-14)15(20)21/h1-2,5,7,9,13,18H,3-4,6H2,(H,20,21). The molecule has 0 bridgehead atoms. The summed E-state index contributed by atoms with van der Waals surface area (Å²) >= 11 is 13.4. The molecule has 1 aliphatic heterocycles. The minimum absolute atomic E-state index is 0.0575. The maximum Gasteiger partial charge on any atom is 0.355 e. The predicted molar refractivity (Wildman–Crippen MR) is 89.8 cm³/mol. The summed E-state index contributed by atoms with van der Waals surface area (Å²) in [5.41, 5.74) is 0.960. The lowest BCUT2D eigenvalue weighted by Crippen LogP contribution is -2.23. The molecule has 1 aromatic carbocycles. The maximum absolute atomic E-state index is 11.1. The van der Waals surface area contributed by atoms with Gasteiger partial charge in [-0.3, -0.25) is 0 Å². The van der Waals surface area contributed by atoms with Crippen LogP contribution in [0.25, 0.3) is 0 Å². The first kappa shape index (κ1) is 16.7. The van der Waals surface area contributed by atoms with E-state index in [1.165, 1.54) is 11.3 Å². The summed E-state index contributed by atoms with van der Waals surface area (Å²) in [7, 11) is 0. The van der Waals surface area contributed by atoms with E-state index < -0.39 is 5.97 Å². The summed E-state index contributed by atoms with van der Waals surface area (Å²) in [5, 5.41) is 15.6. The van der Waals surface area contributed by atoms with Gasteiger partial charge in [-0.15, -0.1) is 11.3 Å². The number of benzene rings is 1. The highest BCUT2D eigenvalue weighted by Gasteiger charge is 2.30. The van der Waals surface area contributed by atoms with E-state index >= 15 is 0 Å². The van der Waals surface area contributed by atoms with E-state index in [-0.39, 0.29) is 17.7 Å². The van der Waals surface area contributed by atoms with Gasteiger partial charge in [-0.05, 0) is 17.7 Å². The molecule has 0 radical (unpaired) electrons. The highest BCUT2D eigenvalue weighted by molar-refractivity contribution is 7.09. The van der Waals surface area contributed by atoms with Crippen LogP contribution in [0.3, 0.4) is 0 Å². The van der Waals surface area contributed by atoms with Crippen LogP contribution in [0.1, 0.15) is 33.1 Å². The molecule has 1 saturated heterocycles. The number of carboxylic acid groups (broad SMARTS) is 1. The lowest BCUT2D eigenvalue weighted by molar-refractivity contribution is 0.0512. The van der Waals surface area contributed by atoms with Gasteiger partial charge in [0.15, 0.2) is 5.69 Å². The van der Waals surface area contributed by atoms with Crippen molar-refractivity contribution < 1.29 is 14.6 Å². The van der Waals surface area contributed by atoms with Crippen LogP contribution in [-0.2, 0) is 4.74 Å². The molecule has 5 nitrogen and oxygen atoms in total. The van der Waals surface area contributed by atoms with E-state index in [1.54, 1.807) is 17.5 Å². The van der Waals surface area contributed by atoms with Crippen molar-refractivity contribution in [3.05, 3.63) is 49.9 Å². The number of ether oxygens (including phenoxy) is 1. The van der Waals surface area contributed by atoms with Crippen molar-refractivity contribution in [1.29, 1.82) is 0 Å². The van der Waals surface area contributed by atoms with E-state index in [0.717, 1.165) is 17.1 Å². The quantitative estimate of drug-likeness (QED) is 0.861. The number of rotatable bonds is 3. The molecule has 2 heterocycles. The van der Waals surface area contributed by atoms with Crippen LogP contribution in [0.15, 0.2) is 23.6 Å². The third kappa shape index (κ3) is 3.67. The highest BCUT2D eigenvalue weighted by Crippen LogP contribution is 2.38. The van der Waals surface area contributed by atoms with Crippen LogP contribution < -0.4 is 5.32 Å². The summed E-state index contributed by atoms with van der Waals surface area (Å²) < 4.78 is 5.98. The molecule has 1 aromatic heterocycles. The fraction of sp³-hybridized carbons (Fsp3) is 0.333. The molecular formula is C15H14Cl2N2O3S. The van der Waals surface area contributed by atoms with E-state index in [4.69, 9.17) is 33.0 Å². The highest BCUT2D eigenvalue weighted by atomic mass is 35.5. The molecule has 1 aliphatic rings. The number of aromatic nitrogens is 1. The van der Waals surface area contributed by atoms with Crippen molar-refractivity contribution >= 4 is 40.5 Å². The first-order valence-corrected chi connectivity index (χ1v) is 8.66. The SMILES string of the molecule is O=C(O)c1csc(C2CNCCOC2c2ccc(Cl)c(Cl)c2)n1. The zero-order chi connectivity index (χ0) is 16.4. The second kappa shape index (κ2) is 7.15. The van der Waals surface area contributed by atoms with Crippen molar-refractivity contribution in [2.24, 2.45) is 0 Å². The fourth-order valence-corrected chi connectivity index (χ4v) is 3.75. The number of halogens is 2. The smallest absolute Gasteiger partial charge is 0.355 e. The van der Waals surface area contributed by atoms with Crippen molar-refractivity contribution in [1.82, 2.24) is 10.3 Å². The topological polar surface area (TPSA) is 71.5 Å². The summed E-state index contributed by atoms with van der Waals surface area (Å²) in [6.45, 7) is 1.93. The van der Waals surface area contributed by atoms with E-state index in [0.29, 0.717) is 23.2 Å². The molecule has 2 atom stereocenters. The Morgan fingerprint density at radius 3 is 2.91 bits per heavy atom. The third-order valence-electron chi connectivity index (χ3n) is 3.64. The van der Waals surface area contributed by atoms with Gasteiger partial charge >= 0.3 is 5.97 Å². The fourth-order valence-electron chi connectivity index (χ4n) is 2.53. The first-order valence-electron chi connectivity index (χ1n) is 7.02. The molecule has 0 saturated carbocycles. The van der Waals surface area contributed by atoms with Gasteiger partial charge in [0.25, 0.3) is 0 Å². The average Bonchev–Trinajstić information content (AvgIpc) is 2.89. The van der Waals surface area contributed by atoms with Gasteiger partial charge in [-0.2, -0.15) is 0 Å². The lowest BCUT2D eigenvalue weighted by atomic mass is 9.96. The van der Waals surface area contributed by atoms with Gasteiger partial charge < -0.3 is 15.2 Å². The second-order valence-corrected chi connectivity index (χ2v) is 6.86. The number of thiazole rings is 1. The monoisotopic (exact) mass is 372 g/mol. The van der Waals surface area contributed by atoms with Crippen LogP contribution >= 0.6 is 34.5 Å². The minimum atomic E-state index is -1.03. The van der Waals surface area contributed by atoms with Gasteiger partial charge in [-0.25, -0.2) is 9.78 Å². The third-order valence-corrected chi connectivity index (χ3v) is 5.35. The Hall–Kier alpha value is -1.18. The van der Waals surface area contributed by atoms with Crippen molar-refractivity contribution in [2.45, 2.75) is 12.0 Å². The Kier molecular flexibility index (Phi) is 5.18. The van der Waals surface area contributed by atoms with Gasteiger partial charge in [0.1, 0.15) is 5.01 Å². The van der Waals surface area contributed by atoms with Crippen LogP contribution in [0.4, 0.5) is 0 Å². The van der Waals surface area contributed by atoms with Gasteiger partial charge in [0, 0.05) is 18.5 Å². The summed E-state index contributed by atoms with van der Waals surface area (Å²) in [5.74, 6) is -1.12. The van der Waals surface area contributed by atoms with E-state index in [2.05, 4.69) is 10.3 Å². The number of nitrogens with one attached hydrogen (secondary N) is 1. The minimum Gasteiger partial charge on any atom is -0.476 e. The number of nitrogens with zero attached hydrogens (tertiary/aromatic N) is 1. The van der Waals surface area contributed by atoms with Crippen LogP contribution in [-0.4, -0.2) is 35.8 Å². The first-order chi connectivity index (χ1) is 11.1. The maximum atomic E-state index is 11.1. The second-order valence-electron chi connectivity index (χ2n) is 5.15. The Labute approximate surface area is 147 Å². The molecule has 3 rings (SSSR count). The zero-order valence-corrected chi connectivity index (χ0v) is 14.3. The molecule has 8 heteroatoms. The lowest BCUT2D eigenvalue weighted by Gasteiger charge is -2.23. The largest absolute Gasteiger partial charge is 0.476 e. The van der Waals surface area contributed by atoms with Gasteiger partial charge in [0.2, 0.25) is 0 Å². The van der Waals surface area contributed by atoms with Crippen LogP contribution in [0, 0.1) is 0 Å². The molecule has 2 N–H and O–H groups in total. The normalized spacial score (nSPS) is 21.8. The Bertz CT molecular complexity index is 722. The molecular weight excluding hydrogens is 359 g/mol. The number of aromatic carboxylic acids is 1. The Morgan fingerprint density at radius 1 is 1.39 bits per heavy atom. The van der Waals surface area contributed by atoms with Crippen molar-refractivity contribution in [3.63, 3.8) is 0 Å². The Morgan fingerprint density at radius 2 is 2.22 bits per heavy atom. The average molecular weight is 373 g/mol. The molecule has 0 amide bonds. The van der Waals surface area contributed by atoms with Crippen molar-refractivity contribution in [2.75, 3.05) is 19.7 Å². The predicted octanol–water partition coefficient (Wildman–Crippen LogP) is 3.59. The van der Waals surface area contributed by atoms with Crippen LogP contribution in [0.2, 0.25) is 10.0 Å². The summed E-state index contributed by atoms with van der Waals surface area (Å²) in [6.07, 6.45) is -0.257. The molecule has 1 fully saturated rings. The molecule has 0 spiro atoms. The van der Waals surface area contributed by atoms with Gasteiger partial charge in [0.05, 0.1) is 28.7 Å². The zero-order valence-electron chi connectivity index (χ0n) is 12.0. The molecule has 2 aromatic rings. The number of hydrogen-bond donors (Lipinski definition) is 2. The van der Waals surface area contributed by atoms with E-state index in [9.17, 15) is 4.79 Å². The van der Waals surface area contributed by atoms with E-state index in [1.807, 2.05) is 6.07 Å². The number of carboxylic acids is 1. The number of hydrogen-bond acceptors (Lipinski definition) is 5. The molecule has 122 valence electrons. The molecule has 2 unspecified atom stereocenters. The van der Waals surface area contributed by atoms with Crippen LogP contribution in [0.5, 0.6) is 0 Å².